The van der Waals surface area contributed by atoms with Crippen molar-refractivity contribution in [2.75, 3.05) is 14.1 Å². The first-order chi connectivity index (χ1) is 11.5. The lowest BCUT2D eigenvalue weighted by atomic mass is 9.82. The summed E-state index contributed by atoms with van der Waals surface area (Å²) in [5.41, 5.74) is 4.75. The Bertz CT molecular complexity index is 779. The number of nitrogens with one attached hydrogen (secondary N) is 2. The Morgan fingerprint density at radius 2 is 1.88 bits per heavy atom. The SMILES string of the molecule is CN(C)C(=O)c1c(C(=O)NN)[nH]c2cccc(C3CCCCC3)c12.Cl. The molecule has 0 bridgehead atoms. The number of hydrogen-bond acceptors (Lipinski definition) is 3. The van der Waals surface area contributed by atoms with Crippen molar-refractivity contribution < 1.29 is 9.59 Å². The average molecular weight is 365 g/mol. The van der Waals surface area contributed by atoms with Crippen LogP contribution in [-0.4, -0.2) is 35.8 Å². The first kappa shape index (κ1) is 19.3. The first-order valence-electron chi connectivity index (χ1n) is 8.41. The number of aromatic amines is 1. The van der Waals surface area contributed by atoms with E-state index in [0.29, 0.717) is 11.5 Å². The van der Waals surface area contributed by atoms with Crippen molar-refractivity contribution in [3.63, 3.8) is 0 Å². The summed E-state index contributed by atoms with van der Waals surface area (Å²) in [6.07, 6.45) is 5.93. The van der Waals surface area contributed by atoms with Gasteiger partial charge in [0.1, 0.15) is 5.69 Å². The number of hydrazine groups is 1. The molecule has 1 fully saturated rings. The van der Waals surface area contributed by atoms with E-state index in [-0.39, 0.29) is 24.0 Å². The molecule has 0 unspecified atom stereocenters. The van der Waals surface area contributed by atoms with Gasteiger partial charge in [-0.25, -0.2) is 5.84 Å². The largest absolute Gasteiger partial charge is 0.350 e. The van der Waals surface area contributed by atoms with E-state index in [1.54, 1.807) is 14.1 Å². The van der Waals surface area contributed by atoms with Gasteiger partial charge in [-0.2, -0.15) is 0 Å². The Morgan fingerprint density at radius 1 is 1.20 bits per heavy atom. The minimum atomic E-state index is -0.481. The predicted octanol–water partition coefficient (Wildman–Crippen LogP) is 2.94. The fourth-order valence-corrected chi connectivity index (χ4v) is 3.71. The molecule has 2 aromatic rings. The van der Waals surface area contributed by atoms with Crippen LogP contribution in [0.25, 0.3) is 10.9 Å². The number of nitrogens with zero attached hydrogens (tertiary/aromatic N) is 1. The summed E-state index contributed by atoms with van der Waals surface area (Å²) in [6, 6.07) is 5.97. The van der Waals surface area contributed by atoms with Gasteiger partial charge in [0.25, 0.3) is 11.8 Å². The van der Waals surface area contributed by atoms with Crippen LogP contribution in [-0.2, 0) is 0 Å². The fraction of sp³-hybridized carbons (Fsp3) is 0.444. The van der Waals surface area contributed by atoms with Gasteiger partial charge in [-0.15, -0.1) is 12.4 Å². The number of halogens is 1. The monoisotopic (exact) mass is 364 g/mol. The Morgan fingerprint density at radius 3 is 2.48 bits per heavy atom. The highest BCUT2D eigenvalue weighted by Gasteiger charge is 2.28. The van der Waals surface area contributed by atoms with E-state index in [9.17, 15) is 9.59 Å². The molecular formula is C18H25ClN4O2. The van der Waals surface area contributed by atoms with Crippen LogP contribution in [0.2, 0.25) is 0 Å². The smallest absolute Gasteiger partial charge is 0.282 e. The number of benzene rings is 1. The maximum atomic E-state index is 12.8. The molecule has 1 aliphatic carbocycles. The molecule has 0 radical (unpaired) electrons. The number of carbonyl (C=O) groups is 2. The molecule has 6 nitrogen and oxygen atoms in total. The fourth-order valence-electron chi connectivity index (χ4n) is 3.71. The van der Waals surface area contributed by atoms with Gasteiger partial charge in [0.2, 0.25) is 0 Å². The van der Waals surface area contributed by atoms with Gasteiger partial charge >= 0.3 is 0 Å². The van der Waals surface area contributed by atoms with Crippen molar-refractivity contribution in [3.05, 3.63) is 35.0 Å². The van der Waals surface area contributed by atoms with E-state index in [0.717, 1.165) is 29.3 Å². The maximum absolute atomic E-state index is 12.8. The molecule has 1 aromatic heterocycles. The van der Waals surface area contributed by atoms with Gasteiger partial charge in [-0.05, 0) is 30.4 Å². The number of rotatable bonds is 3. The lowest BCUT2D eigenvalue weighted by Gasteiger charge is -2.23. The summed E-state index contributed by atoms with van der Waals surface area (Å²) >= 11 is 0. The summed E-state index contributed by atoms with van der Waals surface area (Å²) in [6.45, 7) is 0. The van der Waals surface area contributed by atoms with Crippen molar-refractivity contribution in [3.8, 4) is 0 Å². The lowest BCUT2D eigenvalue weighted by molar-refractivity contribution is 0.0819. The quantitative estimate of drug-likeness (QED) is 0.444. The Kier molecular flexibility index (Phi) is 6.08. The second-order valence-corrected chi connectivity index (χ2v) is 6.65. The predicted molar refractivity (Wildman–Crippen MR) is 101 cm³/mol. The van der Waals surface area contributed by atoms with Crippen LogP contribution in [0.1, 0.15) is 64.4 Å². The van der Waals surface area contributed by atoms with Gasteiger partial charge in [0, 0.05) is 25.0 Å². The van der Waals surface area contributed by atoms with E-state index in [2.05, 4.69) is 16.5 Å². The number of H-pyrrole nitrogens is 1. The second kappa shape index (κ2) is 7.89. The lowest BCUT2D eigenvalue weighted by Crippen LogP contribution is -2.33. The summed E-state index contributed by atoms with van der Waals surface area (Å²) in [7, 11) is 3.38. The van der Waals surface area contributed by atoms with E-state index < -0.39 is 5.91 Å². The molecule has 1 aromatic carbocycles. The van der Waals surface area contributed by atoms with Gasteiger partial charge in [-0.1, -0.05) is 31.4 Å². The zero-order valence-corrected chi connectivity index (χ0v) is 15.4. The Balaban J connectivity index is 0.00000225. The number of aromatic nitrogens is 1. The minimum absolute atomic E-state index is 0. The molecule has 7 heteroatoms. The number of amides is 2. The average Bonchev–Trinajstić information content (AvgIpc) is 3.00. The molecule has 4 N–H and O–H groups in total. The van der Waals surface area contributed by atoms with Gasteiger partial charge in [0.05, 0.1) is 5.56 Å². The minimum Gasteiger partial charge on any atom is -0.350 e. The molecule has 2 amide bonds. The second-order valence-electron chi connectivity index (χ2n) is 6.65. The highest BCUT2D eigenvalue weighted by atomic mass is 35.5. The van der Waals surface area contributed by atoms with Gasteiger partial charge in [-0.3, -0.25) is 15.0 Å². The third-order valence-corrected chi connectivity index (χ3v) is 4.88. The van der Waals surface area contributed by atoms with Gasteiger partial charge in [0.15, 0.2) is 0 Å². The molecule has 136 valence electrons. The number of nitrogen functional groups attached to an aromatic ring is 1. The van der Waals surface area contributed by atoms with Crippen molar-refractivity contribution >= 4 is 35.1 Å². The van der Waals surface area contributed by atoms with Crippen molar-refractivity contribution in [2.45, 2.75) is 38.0 Å². The zero-order chi connectivity index (χ0) is 17.3. The number of carbonyl (C=O) groups excluding carboxylic acids is 2. The maximum Gasteiger partial charge on any atom is 0.282 e. The van der Waals surface area contributed by atoms with E-state index >= 15 is 0 Å². The molecular weight excluding hydrogens is 340 g/mol. The molecule has 3 rings (SSSR count). The standard InChI is InChI=1S/C18H24N4O2.ClH/c1-22(2)18(24)15-14-12(11-7-4-3-5-8-11)9-6-10-13(14)20-16(15)17(23)21-19;/h6,9-11,20H,3-5,7-8,19H2,1-2H3,(H,21,23);1H. The van der Waals surface area contributed by atoms with Crippen LogP contribution >= 0.6 is 12.4 Å². The van der Waals surface area contributed by atoms with E-state index in [4.69, 9.17) is 5.84 Å². The molecule has 1 aliphatic rings. The van der Waals surface area contributed by atoms with E-state index in [1.807, 2.05) is 12.1 Å². The molecule has 0 aliphatic heterocycles. The molecule has 1 saturated carbocycles. The van der Waals surface area contributed by atoms with Crippen LogP contribution < -0.4 is 11.3 Å². The molecule has 0 spiro atoms. The topological polar surface area (TPSA) is 91.2 Å². The van der Waals surface area contributed by atoms with Crippen molar-refractivity contribution in [1.29, 1.82) is 0 Å². The summed E-state index contributed by atoms with van der Waals surface area (Å²) in [5.74, 6) is 5.07. The highest BCUT2D eigenvalue weighted by molar-refractivity contribution is 6.16. The van der Waals surface area contributed by atoms with Crippen LogP contribution in [0.15, 0.2) is 18.2 Å². The third kappa shape index (κ3) is 3.50. The number of nitrogens with two attached hydrogens (primary N) is 1. The number of hydrogen-bond donors (Lipinski definition) is 3. The van der Waals surface area contributed by atoms with Crippen LogP contribution in [0, 0.1) is 0 Å². The molecule has 25 heavy (non-hydrogen) atoms. The molecule has 1 heterocycles. The number of fused-ring (bicyclic) bond motifs is 1. The Hall–Kier alpha value is -2.05. The first-order valence-corrected chi connectivity index (χ1v) is 8.41. The van der Waals surface area contributed by atoms with E-state index in [1.165, 1.54) is 24.2 Å². The van der Waals surface area contributed by atoms with Crippen LogP contribution in [0.3, 0.4) is 0 Å². The molecule has 0 saturated heterocycles. The third-order valence-electron chi connectivity index (χ3n) is 4.88. The Labute approximate surface area is 153 Å². The zero-order valence-electron chi connectivity index (χ0n) is 14.6. The molecule has 0 atom stereocenters. The van der Waals surface area contributed by atoms with Crippen LogP contribution in [0.4, 0.5) is 0 Å². The van der Waals surface area contributed by atoms with Gasteiger partial charge < -0.3 is 9.88 Å². The summed E-state index contributed by atoms with van der Waals surface area (Å²) in [4.78, 5) is 29.5. The summed E-state index contributed by atoms with van der Waals surface area (Å²) < 4.78 is 0. The normalized spacial score (nSPS) is 14.8. The highest BCUT2D eigenvalue weighted by Crippen LogP contribution is 2.38. The van der Waals surface area contributed by atoms with Crippen molar-refractivity contribution in [1.82, 2.24) is 15.3 Å². The van der Waals surface area contributed by atoms with Crippen LogP contribution in [0.5, 0.6) is 0 Å². The van der Waals surface area contributed by atoms with Crippen molar-refractivity contribution in [2.24, 2.45) is 5.84 Å². The summed E-state index contributed by atoms with van der Waals surface area (Å²) in [5, 5.41) is 0.863.